The van der Waals surface area contributed by atoms with Gasteiger partial charge in [-0.15, -0.1) is 0 Å². The molecule has 2 heterocycles. The fraction of sp³-hybridized carbons (Fsp3) is 0.333. The Labute approximate surface area is 110 Å². The van der Waals surface area contributed by atoms with Gasteiger partial charge in [-0.1, -0.05) is 5.16 Å². The van der Waals surface area contributed by atoms with Gasteiger partial charge < -0.3 is 4.52 Å². The predicted octanol–water partition coefficient (Wildman–Crippen LogP) is 2.68. The first-order chi connectivity index (χ1) is 9.44. The van der Waals surface area contributed by atoms with Gasteiger partial charge in [0.15, 0.2) is 11.6 Å². The van der Waals surface area contributed by atoms with E-state index in [1.165, 1.54) is 6.07 Å². The zero-order chi connectivity index (χ0) is 14.3. The minimum absolute atomic E-state index is 0.00177. The fourth-order valence-electron chi connectivity index (χ4n) is 2.02. The van der Waals surface area contributed by atoms with Gasteiger partial charge >= 0.3 is 0 Å². The molecule has 3 rings (SSSR count). The molecule has 0 aliphatic carbocycles. The Morgan fingerprint density at radius 3 is 2.70 bits per heavy atom. The number of nitrogens with one attached hydrogen (secondary N) is 1. The number of aromatic nitrogens is 2. The first-order valence-electron chi connectivity index (χ1n) is 5.85. The highest BCUT2D eigenvalue weighted by Gasteiger charge is 2.42. The third kappa shape index (κ3) is 2.38. The summed E-state index contributed by atoms with van der Waals surface area (Å²) in [7, 11) is 0. The van der Waals surface area contributed by atoms with Gasteiger partial charge in [-0.05, 0) is 18.2 Å². The van der Waals surface area contributed by atoms with Crippen LogP contribution in [0.2, 0.25) is 0 Å². The number of halogens is 4. The van der Waals surface area contributed by atoms with Crippen LogP contribution in [-0.4, -0.2) is 22.6 Å². The molecule has 1 saturated heterocycles. The van der Waals surface area contributed by atoms with Crippen LogP contribution < -0.4 is 5.32 Å². The number of nitrogens with zero attached hydrogens (tertiary/aromatic N) is 2. The quantitative estimate of drug-likeness (QED) is 0.863. The molecule has 0 radical (unpaired) electrons. The van der Waals surface area contributed by atoms with Crippen molar-refractivity contribution in [3.8, 4) is 11.4 Å². The summed E-state index contributed by atoms with van der Waals surface area (Å²) >= 11 is 0. The Morgan fingerprint density at radius 1 is 1.25 bits per heavy atom. The van der Waals surface area contributed by atoms with E-state index in [9.17, 15) is 17.6 Å². The van der Waals surface area contributed by atoms with Gasteiger partial charge in [0, 0.05) is 12.0 Å². The lowest BCUT2D eigenvalue weighted by atomic mass is 10.2. The molecule has 1 unspecified atom stereocenters. The summed E-state index contributed by atoms with van der Waals surface area (Å²) < 4.78 is 56.9. The van der Waals surface area contributed by atoms with E-state index >= 15 is 0 Å². The smallest absolute Gasteiger partial charge is 0.262 e. The zero-order valence-corrected chi connectivity index (χ0v) is 10.0. The molecule has 0 saturated carbocycles. The van der Waals surface area contributed by atoms with Crippen LogP contribution in [0.5, 0.6) is 0 Å². The lowest BCUT2D eigenvalue weighted by molar-refractivity contribution is 0.0200. The molecular weight excluding hydrogens is 278 g/mol. The Hall–Kier alpha value is -1.96. The molecular formula is C12H9F4N3O. The van der Waals surface area contributed by atoms with E-state index in [1.807, 2.05) is 0 Å². The molecule has 1 aliphatic rings. The normalized spacial score (nSPS) is 21.3. The second kappa shape index (κ2) is 4.55. The lowest BCUT2D eigenvalue weighted by Gasteiger charge is -2.04. The van der Waals surface area contributed by atoms with Crippen molar-refractivity contribution < 1.29 is 22.1 Å². The standard InChI is InChI=1S/C12H9F4N3O/c13-7-2-1-6(3-8(7)14)10-18-11(20-19-10)9-4-12(15,16)5-17-9/h1-3,9,17H,4-5H2. The lowest BCUT2D eigenvalue weighted by Crippen LogP contribution is -2.19. The summed E-state index contributed by atoms with van der Waals surface area (Å²) in [6.45, 7) is -0.458. The predicted molar refractivity (Wildman–Crippen MR) is 60.0 cm³/mol. The molecule has 1 N–H and O–H groups in total. The number of hydrogen-bond acceptors (Lipinski definition) is 4. The number of benzene rings is 1. The average Bonchev–Trinajstić information content (AvgIpc) is 2.99. The molecule has 2 aromatic rings. The third-order valence-electron chi connectivity index (χ3n) is 3.03. The number of rotatable bonds is 2. The van der Waals surface area contributed by atoms with Crippen LogP contribution in [0.1, 0.15) is 18.4 Å². The first kappa shape index (κ1) is 13.0. The number of alkyl halides is 2. The molecule has 1 fully saturated rings. The summed E-state index contributed by atoms with van der Waals surface area (Å²) in [5.41, 5.74) is 0.212. The van der Waals surface area contributed by atoms with Crippen molar-refractivity contribution in [3.05, 3.63) is 35.7 Å². The maximum absolute atomic E-state index is 13.1. The van der Waals surface area contributed by atoms with Crippen molar-refractivity contribution in [3.63, 3.8) is 0 Å². The Bertz CT molecular complexity index is 643. The highest BCUT2D eigenvalue weighted by atomic mass is 19.3. The summed E-state index contributed by atoms with van der Waals surface area (Å²) in [5.74, 6) is -4.83. The van der Waals surface area contributed by atoms with E-state index < -0.39 is 36.6 Å². The van der Waals surface area contributed by atoms with E-state index in [0.717, 1.165) is 12.1 Å². The van der Waals surface area contributed by atoms with Crippen molar-refractivity contribution in [1.82, 2.24) is 15.5 Å². The van der Waals surface area contributed by atoms with Crippen LogP contribution in [0.25, 0.3) is 11.4 Å². The molecule has 4 nitrogen and oxygen atoms in total. The molecule has 0 amide bonds. The van der Waals surface area contributed by atoms with E-state index in [4.69, 9.17) is 4.52 Å². The zero-order valence-electron chi connectivity index (χ0n) is 10.0. The van der Waals surface area contributed by atoms with Crippen molar-refractivity contribution in [2.45, 2.75) is 18.4 Å². The Balaban J connectivity index is 1.85. The van der Waals surface area contributed by atoms with Crippen LogP contribution in [0, 0.1) is 11.6 Å². The van der Waals surface area contributed by atoms with Crippen molar-refractivity contribution in [1.29, 1.82) is 0 Å². The third-order valence-corrected chi connectivity index (χ3v) is 3.03. The summed E-state index contributed by atoms with van der Waals surface area (Å²) in [6, 6.07) is 2.39. The van der Waals surface area contributed by atoms with Gasteiger partial charge in [0.25, 0.3) is 5.92 Å². The van der Waals surface area contributed by atoms with Crippen molar-refractivity contribution in [2.24, 2.45) is 0 Å². The van der Waals surface area contributed by atoms with Crippen molar-refractivity contribution >= 4 is 0 Å². The van der Waals surface area contributed by atoms with Crippen LogP contribution in [0.3, 0.4) is 0 Å². The highest BCUT2D eigenvalue weighted by Crippen LogP contribution is 2.33. The van der Waals surface area contributed by atoms with E-state index in [-0.39, 0.29) is 17.3 Å². The van der Waals surface area contributed by atoms with Crippen LogP contribution >= 0.6 is 0 Å². The molecule has 1 aliphatic heterocycles. The minimum Gasteiger partial charge on any atom is -0.337 e. The minimum atomic E-state index is -2.82. The molecule has 1 aromatic heterocycles. The van der Waals surface area contributed by atoms with Gasteiger partial charge in [-0.2, -0.15) is 4.98 Å². The van der Waals surface area contributed by atoms with E-state index in [2.05, 4.69) is 15.5 Å². The van der Waals surface area contributed by atoms with E-state index in [1.54, 1.807) is 0 Å². The topological polar surface area (TPSA) is 51.0 Å². The largest absolute Gasteiger partial charge is 0.337 e. The van der Waals surface area contributed by atoms with Crippen molar-refractivity contribution in [2.75, 3.05) is 6.54 Å². The SMILES string of the molecule is Fc1ccc(-c2noc(C3CC(F)(F)CN3)n2)cc1F. The second-order valence-corrected chi connectivity index (χ2v) is 4.58. The maximum atomic E-state index is 13.1. The average molecular weight is 287 g/mol. The Morgan fingerprint density at radius 2 is 2.05 bits per heavy atom. The molecule has 1 atom stereocenters. The van der Waals surface area contributed by atoms with Gasteiger partial charge in [-0.25, -0.2) is 17.6 Å². The van der Waals surface area contributed by atoms with Crippen LogP contribution in [-0.2, 0) is 0 Å². The number of hydrogen-bond donors (Lipinski definition) is 1. The Kier molecular flexibility index (Phi) is 2.97. The van der Waals surface area contributed by atoms with Crippen LogP contribution in [0.4, 0.5) is 17.6 Å². The second-order valence-electron chi connectivity index (χ2n) is 4.58. The van der Waals surface area contributed by atoms with Crippen LogP contribution in [0.15, 0.2) is 22.7 Å². The maximum Gasteiger partial charge on any atom is 0.262 e. The molecule has 106 valence electrons. The molecule has 0 bridgehead atoms. The summed E-state index contributed by atoms with van der Waals surface area (Å²) in [5, 5.41) is 6.16. The monoisotopic (exact) mass is 287 g/mol. The van der Waals surface area contributed by atoms with E-state index in [0.29, 0.717) is 0 Å². The molecule has 20 heavy (non-hydrogen) atoms. The fourth-order valence-corrected chi connectivity index (χ4v) is 2.02. The van der Waals surface area contributed by atoms with Gasteiger partial charge in [0.05, 0.1) is 12.6 Å². The van der Waals surface area contributed by atoms with Gasteiger partial charge in [0.2, 0.25) is 11.7 Å². The molecule has 1 aromatic carbocycles. The first-order valence-corrected chi connectivity index (χ1v) is 5.85. The summed E-state index contributed by atoms with van der Waals surface area (Å²) in [4.78, 5) is 3.94. The summed E-state index contributed by atoms with van der Waals surface area (Å²) in [6.07, 6.45) is -0.438. The molecule has 0 spiro atoms. The highest BCUT2D eigenvalue weighted by molar-refractivity contribution is 5.54. The van der Waals surface area contributed by atoms with Gasteiger partial charge in [-0.3, -0.25) is 5.32 Å². The molecule has 8 heteroatoms. The van der Waals surface area contributed by atoms with Gasteiger partial charge in [0.1, 0.15) is 0 Å².